The molecular weight excluding hydrogens is 357 g/mol. The van der Waals surface area contributed by atoms with E-state index < -0.39 is 15.8 Å². The van der Waals surface area contributed by atoms with Crippen LogP contribution in [-0.4, -0.2) is 28.7 Å². The monoisotopic (exact) mass is 381 g/mol. The second-order valence-electron chi connectivity index (χ2n) is 6.79. The van der Waals surface area contributed by atoms with Crippen LogP contribution in [-0.2, 0) is 15.4 Å². The average molecular weight is 381 g/mol. The Labute approximate surface area is 154 Å². The lowest BCUT2D eigenvalue weighted by Crippen LogP contribution is -2.29. The largest absolute Gasteiger partial charge is 0.495 e. The predicted molar refractivity (Wildman–Crippen MR) is 98.8 cm³/mol. The van der Waals surface area contributed by atoms with E-state index in [1.165, 1.54) is 13.2 Å². The van der Waals surface area contributed by atoms with Crippen LogP contribution in [0.1, 0.15) is 26.3 Å². The maximum Gasteiger partial charge on any atom is 0.244 e. The van der Waals surface area contributed by atoms with E-state index >= 15 is 0 Å². The fraction of sp³-hybridized carbons (Fsp3) is 0.368. The summed E-state index contributed by atoms with van der Waals surface area (Å²) in [7, 11) is -2.58. The highest BCUT2D eigenvalue weighted by Crippen LogP contribution is 2.30. The molecule has 0 saturated carbocycles. The summed E-state index contributed by atoms with van der Waals surface area (Å²) in [4.78, 5) is -0.241. The van der Waals surface area contributed by atoms with Gasteiger partial charge in [-0.05, 0) is 35.2 Å². The van der Waals surface area contributed by atoms with Gasteiger partial charge in [0.05, 0.1) is 7.11 Å². The van der Waals surface area contributed by atoms with Crippen molar-refractivity contribution in [2.75, 3.05) is 20.3 Å². The van der Waals surface area contributed by atoms with Gasteiger partial charge in [0.25, 0.3) is 0 Å². The Balaban J connectivity index is 2.04. The Morgan fingerprint density at radius 1 is 1.08 bits per heavy atom. The van der Waals surface area contributed by atoms with Crippen molar-refractivity contribution in [2.24, 2.45) is 0 Å². The second-order valence-corrected chi connectivity index (χ2v) is 8.52. The zero-order valence-electron chi connectivity index (χ0n) is 15.4. The average Bonchev–Trinajstić information content (AvgIpc) is 2.58. The van der Waals surface area contributed by atoms with Crippen molar-refractivity contribution in [3.05, 3.63) is 53.8 Å². The second kappa shape index (κ2) is 8.05. The van der Waals surface area contributed by atoms with Crippen LogP contribution in [0.5, 0.6) is 11.5 Å². The quantitative estimate of drug-likeness (QED) is 0.746. The van der Waals surface area contributed by atoms with Crippen molar-refractivity contribution in [1.82, 2.24) is 4.72 Å². The molecule has 26 heavy (non-hydrogen) atoms. The minimum atomic E-state index is -3.91. The lowest BCUT2D eigenvalue weighted by Gasteiger charge is -2.22. The van der Waals surface area contributed by atoms with Crippen LogP contribution in [0.2, 0.25) is 0 Å². The van der Waals surface area contributed by atoms with E-state index in [-0.39, 0.29) is 29.2 Å². The first-order chi connectivity index (χ1) is 12.1. The van der Waals surface area contributed by atoms with E-state index in [2.05, 4.69) is 25.5 Å². The van der Waals surface area contributed by atoms with Gasteiger partial charge in [0.1, 0.15) is 28.8 Å². The van der Waals surface area contributed by atoms with Crippen molar-refractivity contribution in [2.45, 2.75) is 31.1 Å². The first-order valence-electron chi connectivity index (χ1n) is 8.20. The minimum absolute atomic E-state index is 0.0421. The van der Waals surface area contributed by atoms with E-state index in [1.54, 1.807) is 0 Å². The normalized spacial score (nSPS) is 12.0. The number of para-hydroxylation sites is 1. The fourth-order valence-corrected chi connectivity index (χ4v) is 3.68. The molecule has 0 radical (unpaired) electrons. The van der Waals surface area contributed by atoms with Gasteiger partial charge >= 0.3 is 0 Å². The highest BCUT2D eigenvalue weighted by Gasteiger charge is 2.21. The van der Waals surface area contributed by atoms with Crippen molar-refractivity contribution < 1.29 is 22.3 Å². The third-order valence-electron chi connectivity index (χ3n) is 3.76. The lowest BCUT2D eigenvalue weighted by atomic mass is 9.86. The SMILES string of the molecule is COc1ccc(F)cc1S(=O)(=O)NCCOc1ccccc1C(C)(C)C. The number of methoxy groups -OCH3 is 1. The standard InChI is InChI=1S/C19H24FNO4S/c1-19(2,3)15-7-5-6-8-16(15)25-12-11-21-26(22,23)18-13-14(20)9-10-17(18)24-4/h5-10,13,21H,11-12H2,1-4H3. The van der Waals surface area contributed by atoms with Gasteiger partial charge in [0.2, 0.25) is 10.0 Å². The van der Waals surface area contributed by atoms with Crippen LogP contribution in [0.4, 0.5) is 4.39 Å². The fourth-order valence-electron chi connectivity index (χ4n) is 2.49. The van der Waals surface area contributed by atoms with Gasteiger partial charge < -0.3 is 9.47 Å². The molecule has 0 unspecified atom stereocenters. The lowest BCUT2D eigenvalue weighted by molar-refractivity contribution is 0.313. The minimum Gasteiger partial charge on any atom is -0.495 e. The molecule has 1 N–H and O–H groups in total. The smallest absolute Gasteiger partial charge is 0.244 e. The number of rotatable bonds is 7. The summed E-state index contributed by atoms with van der Waals surface area (Å²) >= 11 is 0. The molecule has 0 amide bonds. The van der Waals surface area contributed by atoms with Gasteiger partial charge in [0.15, 0.2) is 0 Å². The third-order valence-corrected chi connectivity index (χ3v) is 5.24. The summed E-state index contributed by atoms with van der Waals surface area (Å²) in [5, 5.41) is 0. The Hall–Kier alpha value is -2.12. The van der Waals surface area contributed by atoms with E-state index in [9.17, 15) is 12.8 Å². The van der Waals surface area contributed by atoms with Gasteiger partial charge in [-0.1, -0.05) is 39.0 Å². The summed E-state index contributed by atoms with van der Waals surface area (Å²) < 4.78 is 51.3. The van der Waals surface area contributed by atoms with Gasteiger partial charge in [0, 0.05) is 6.54 Å². The maximum atomic E-state index is 13.4. The molecule has 5 nitrogen and oxygen atoms in total. The van der Waals surface area contributed by atoms with Crippen LogP contribution in [0.15, 0.2) is 47.4 Å². The molecule has 0 heterocycles. The Morgan fingerprint density at radius 3 is 2.42 bits per heavy atom. The molecule has 2 aromatic rings. The molecule has 0 bridgehead atoms. The van der Waals surface area contributed by atoms with Crippen molar-refractivity contribution in [3.8, 4) is 11.5 Å². The molecule has 0 fully saturated rings. The van der Waals surface area contributed by atoms with Crippen LogP contribution >= 0.6 is 0 Å². The van der Waals surface area contributed by atoms with Crippen LogP contribution in [0, 0.1) is 5.82 Å². The number of ether oxygens (including phenoxy) is 2. The number of hydrogen-bond donors (Lipinski definition) is 1. The first-order valence-corrected chi connectivity index (χ1v) is 9.69. The highest BCUT2D eigenvalue weighted by molar-refractivity contribution is 7.89. The first kappa shape index (κ1) is 20.2. The molecule has 2 aromatic carbocycles. The number of halogens is 1. The maximum absolute atomic E-state index is 13.4. The number of hydrogen-bond acceptors (Lipinski definition) is 4. The number of benzene rings is 2. The predicted octanol–water partition coefficient (Wildman–Crippen LogP) is 3.49. The molecule has 0 aliphatic rings. The highest BCUT2D eigenvalue weighted by atomic mass is 32.2. The van der Waals surface area contributed by atoms with Crippen LogP contribution < -0.4 is 14.2 Å². The molecule has 0 aliphatic carbocycles. The Bertz CT molecular complexity index is 860. The van der Waals surface area contributed by atoms with Crippen LogP contribution in [0.3, 0.4) is 0 Å². The molecule has 2 rings (SSSR count). The summed E-state index contributed by atoms with van der Waals surface area (Å²) in [5.74, 6) is 0.141. The molecule has 0 saturated heterocycles. The van der Waals surface area contributed by atoms with E-state index in [0.717, 1.165) is 17.7 Å². The zero-order chi connectivity index (χ0) is 19.4. The molecule has 0 spiro atoms. The summed E-state index contributed by atoms with van der Waals surface area (Å²) in [6.07, 6.45) is 0. The van der Waals surface area contributed by atoms with E-state index in [0.29, 0.717) is 5.75 Å². The topological polar surface area (TPSA) is 64.6 Å². The summed E-state index contributed by atoms with van der Waals surface area (Å²) in [6.45, 7) is 6.42. The summed E-state index contributed by atoms with van der Waals surface area (Å²) in [5.41, 5.74) is 0.944. The molecule has 0 aliphatic heterocycles. The van der Waals surface area contributed by atoms with Crippen LogP contribution in [0.25, 0.3) is 0 Å². The van der Waals surface area contributed by atoms with Crippen molar-refractivity contribution >= 4 is 10.0 Å². The van der Waals surface area contributed by atoms with Gasteiger partial charge in [-0.15, -0.1) is 0 Å². The van der Waals surface area contributed by atoms with E-state index in [4.69, 9.17) is 9.47 Å². The molecule has 7 heteroatoms. The summed E-state index contributed by atoms with van der Waals surface area (Å²) in [6, 6.07) is 11.0. The Kier molecular flexibility index (Phi) is 6.26. The zero-order valence-corrected chi connectivity index (χ0v) is 16.2. The van der Waals surface area contributed by atoms with Crippen molar-refractivity contribution in [1.29, 1.82) is 0 Å². The number of nitrogens with one attached hydrogen (secondary N) is 1. The number of sulfonamides is 1. The van der Waals surface area contributed by atoms with Gasteiger partial charge in [-0.2, -0.15) is 0 Å². The third kappa shape index (κ3) is 4.95. The van der Waals surface area contributed by atoms with Gasteiger partial charge in [-0.3, -0.25) is 0 Å². The molecule has 0 aromatic heterocycles. The molecule has 142 valence electrons. The van der Waals surface area contributed by atoms with Gasteiger partial charge in [-0.25, -0.2) is 17.5 Å². The molecule has 0 atom stereocenters. The van der Waals surface area contributed by atoms with Crippen molar-refractivity contribution in [3.63, 3.8) is 0 Å². The molecular formula is C19H24FNO4S. The Morgan fingerprint density at radius 2 is 1.77 bits per heavy atom. The van der Waals surface area contributed by atoms with E-state index in [1.807, 2.05) is 24.3 Å².